The number of amides is 1. The molecule has 0 atom stereocenters. The van der Waals surface area contributed by atoms with Gasteiger partial charge in [-0.25, -0.2) is 0 Å². The van der Waals surface area contributed by atoms with Crippen LogP contribution in [0.4, 0.5) is 5.69 Å². The van der Waals surface area contributed by atoms with Gasteiger partial charge in [-0.15, -0.1) is 0 Å². The molecule has 0 aromatic heterocycles. The molecule has 0 aliphatic heterocycles. The molecule has 23 heavy (non-hydrogen) atoms. The number of benzene rings is 2. The Kier molecular flexibility index (Phi) is 6.18. The van der Waals surface area contributed by atoms with Gasteiger partial charge in [0.15, 0.2) is 0 Å². The largest absolute Gasteiger partial charge is 0.494 e. The maximum absolute atomic E-state index is 12.4. The van der Waals surface area contributed by atoms with E-state index in [1.165, 1.54) is 0 Å². The minimum absolute atomic E-state index is 0.131. The van der Waals surface area contributed by atoms with Crippen molar-refractivity contribution in [2.24, 2.45) is 0 Å². The number of hydrogen-bond donors (Lipinski definition) is 1. The lowest BCUT2D eigenvalue weighted by molar-refractivity contribution is 0.102. The first-order valence-corrected chi connectivity index (χ1v) is 7.86. The summed E-state index contributed by atoms with van der Waals surface area (Å²) in [5.74, 6) is 0.592. The third kappa shape index (κ3) is 5.42. The third-order valence-corrected chi connectivity index (χ3v) is 3.25. The molecule has 2 aromatic rings. The second kappa shape index (κ2) is 8.34. The molecule has 2 rings (SSSR count). The Morgan fingerprint density at radius 2 is 1.91 bits per heavy atom. The van der Waals surface area contributed by atoms with Crippen molar-refractivity contribution >= 4 is 11.6 Å². The van der Waals surface area contributed by atoms with Crippen LogP contribution in [-0.2, 0) is 6.54 Å². The molecule has 1 amide bonds. The fraction of sp³-hybridized carbons (Fsp3) is 0.316. The minimum atomic E-state index is -0.131. The van der Waals surface area contributed by atoms with Gasteiger partial charge in [-0.2, -0.15) is 0 Å². The summed E-state index contributed by atoms with van der Waals surface area (Å²) < 4.78 is 5.57. The molecular weight excluding hydrogens is 288 g/mol. The number of nitrogens with one attached hydrogen (secondary N) is 1. The highest BCUT2D eigenvalue weighted by atomic mass is 16.5. The standard InChI is InChI=1S/C19H24N2O2/c1-4-11-23-18-10-6-8-16(13-18)19(22)20-17-9-5-7-15(12-17)14-21(2)3/h5-10,12-13H,4,11,14H2,1-3H3,(H,20,22). The summed E-state index contributed by atoms with van der Waals surface area (Å²) in [5.41, 5.74) is 2.55. The van der Waals surface area contributed by atoms with Crippen LogP contribution in [0.15, 0.2) is 48.5 Å². The van der Waals surface area contributed by atoms with Crippen LogP contribution in [0.5, 0.6) is 5.75 Å². The lowest BCUT2D eigenvalue weighted by Crippen LogP contribution is -2.13. The van der Waals surface area contributed by atoms with Crippen LogP contribution in [0.1, 0.15) is 29.3 Å². The van der Waals surface area contributed by atoms with Crippen molar-refractivity contribution in [3.63, 3.8) is 0 Å². The molecule has 0 bridgehead atoms. The van der Waals surface area contributed by atoms with E-state index in [-0.39, 0.29) is 5.91 Å². The van der Waals surface area contributed by atoms with Crippen molar-refractivity contribution in [3.05, 3.63) is 59.7 Å². The van der Waals surface area contributed by atoms with Crippen molar-refractivity contribution in [2.75, 3.05) is 26.0 Å². The van der Waals surface area contributed by atoms with Gasteiger partial charge >= 0.3 is 0 Å². The van der Waals surface area contributed by atoms with Gasteiger partial charge in [-0.3, -0.25) is 4.79 Å². The lowest BCUT2D eigenvalue weighted by atomic mass is 10.1. The van der Waals surface area contributed by atoms with E-state index in [4.69, 9.17) is 4.74 Å². The molecular formula is C19H24N2O2. The quantitative estimate of drug-likeness (QED) is 0.846. The predicted molar refractivity (Wildman–Crippen MR) is 94.0 cm³/mol. The predicted octanol–water partition coefficient (Wildman–Crippen LogP) is 3.79. The number of carbonyl (C=O) groups is 1. The maximum atomic E-state index is 12.4. The third-order valence-electron chi connectivity index (χ3n) is 3.25. The molecule has 0 unspecified atom stereocenters. The molecule has 0 radical (unpaired) electrons. The van der Waals surface area contributed by atoms with Gasteiger partial charge in [0.05, 0.1) is 6.61 Å². The van der Waals surface area contributed by atoms with E-state index in [0.29, 0.717) is 12.2 Å². The first-order valence-electron chi connectivity index (χ1n) is 7.86. The summed E-state index contributed by atoms with van der Waals surface area (Å²) in [6.07, 6.45) is 0.940. The Labute approximate surface area is 138 Å². The summed E-state index contributed by atoms with van der Waals surface area (Å²) in [5, 5.41) is 2.94. The van der Waals surface area contributed by atoms with E-state index in [0.717, 1.165) is 30.0 Å². The zero-order valence-electron chi connectivity index (χ0n) is 14.0. The van der Waals surface area contributed by atoms with Gasteiger partial charge < -0.3 is 15.0 Å². The fourth-order valence-corrected chi connectivity index (χ4v) is 2.26. The van der Waals surface area contributed by atoms with Gasteiger partial charge in [0, 0.05) is 17.8 Å². The van der Waals surface area contributed by atoms with Crippen LogP contribution in [0, 0.1) is 0 Å². The summed E-state index contributed by atoms with van der Waals surface area (Å²) in [7, 11) is 4.04. The van der Waals surface area contributed by atoms with Gasteiger partial charge in [0.1, 0.15) is 5.75 Å². The van der Waals surface area contributed by atoms with E-state index in [2.05, 4.69) is 23.2 Å². The molecule has 4 nitrogen and oxygen atoms in total. The molecule has 0 fully saturated rings. The number of nitrogens with zero attached hydrogens (tertiary/aromatic N) is 1. The van der Waals surface area contributed by atoms with Crippen LogP contribution in [0.2, 0.25) is 0 Å². The Balaban J connectivity index is 2.06. The van der Waals surface area contributed by atoms with Gasteiger partial charge in [0.25, 0.3) is 5.91 Å². The molecule has 0 saturated heterocycles. The average Bonchev–Trinajstić information content (AvgIpc) is 2.53. The van der Waals surface area contributed by atoms with E-state index < -0.39 is 0 Å². The number of anilines is 1. The summed E-state index contributed by atoms with van der Waals surface area (Å²) in [6, 6.07) is 15.2. The van der Waals surface area contributed by atoms with E-state index in [9.17, 15) is 4.79 Å². The molecule has 0 aliphatic rings. The van der Waals surface area contributed by atoms with Crippen molar-refractivity contribution in [3.8, 4) is 5.75 Å². The smallest absolute Gasteiger partial charge is 0.255 e. The highest BCUT2D eigenvalue weighted by molar-refractivity contribution is 6.04. The zero-order valence-corrected chi connectivity index (χ0v) is 14.0. The average molecular weight is 312 g/mol. The first-order chi connectivity index (χ1) is 11.1. The second-order valence-electron chi connectivity index (χ2n) is 5.77. The fourth-order valence-electron chi connectivity index (χ4n) is 2.26. The number of hydrogen-bond acceptors (Lipinski definition) is 3. The SMILES string of the molecule is CCCOc1cccc(C(=O)Nc2cccc(CN(C)C)c2)c1. The molecule has 4 heteroatoms. The summed E-state index contributed by atoms with van der Waals surface area (Å²) >= 11 is 0. The number of ether oxygens (including phenoxy) is 1. The van der Waals surface area contributed by atoms with Crippen molar-refractivity contribution in [2.45, 2.75) is 19.9 Å². The number of rotatable bonds is 7. The lowest BCUT2D eigenvalue weighted by Gasteiger charge is -2.12. The second-order valence-corrected chi connectivity index (χ2v) is 5.77. The Bertz CT molecular complexity index is 653. The van der Waals surface area contributed by atoms with Gasteiger partial charge in [-0.05, 0) is 56.4 Å². The van der Waals surface area contributed by atoms with Gasteiger partial charge in [0.2, 0.25) is 0 Å². The van der Waals surface area contributed by atoms with Crippen LogP contribution in [-0.4, -0.2) is 31.5 Å². The molecule has 0 saturated carbocycles. The molecule has 0 spiro atoms. The first kappa shape index (κ1) is 17.0. The normalized spacial score (nSPS) is 10.6. The molecule has 0 aliphatic carbocycles. The van der Waals surface area contributed by atoms with Crippen molar-refractivity contribution < 1.29 is 9.53 Å². The van der Waals surface area contributed by atoms with Crippen LogP contribution in [0.25, 0.3) is 0 Å². The van der Waals surface area contributed by atoms with E-state index >= 15 is 0 Å². The summed E-state index contributed by atoms with van der Waals surface area (Å²) in [6.45, 7) is 3.54. The van der Waals surface area contributed by atoms with E-state index in [1.807, 2.05) is 44.4 Å². The Morgan fingerprint density at radius 3 is 2.65 bits per heavy atom. The highest BCUT2D eigenvalue weighted by Gasteiger charge is 2.08. The Hall–Kier alpha value is -2.33. The monoisotopic (exact) mass is 312 g/mol. The highest BCUT2D eigenvalue weighted by Crippen LogP contribution is 2.17. The number of carbonyl (C=O) groups excluding carboxylic acids is 1. The van der Waals surface area contributed by atoms with Crippen LogP contribution >= 0.6 is 0 Å². The Morgan fingerprint density at radius 1 is 1.13 bits per heavy atom. The van der Waals surface area contributed by atoms with Crippen LogP contribution in [0.3, 0.4) is 0 Å². The molecule has 0 heterocycles. The zero-order chi connectivity index (χ0) is 16.7. The molecule has 1 N–H and O–H groups in total. The molecule has 2 aromatic carbocycles. The molecule has 122 valence electrons. The van der Waals surface area contributed by atoms with Crippen LogP contribution < -0.4 is 10.1 Å². The minimum Gasteiger partial charge on any atom is -0.494 e. The van der Waals surface area contributed by atoms with Crippen molar-refractivity contribution in [1.29, 1.82) is 0 Å². The summed E-state index contributed by atoms with van der Waals surface area (Å²) in [4.78, 5) is 14.5. The van der Waals surface area contributed by atoms with Crippen molar-refractivity contribution in [1.82, 2.24) is 4.90 Å². The van der Waals surface area contributed by atoms with E-state index in [1.54, 1.807) is 12.1 Å². The maximum Gasteiger partial charge on any atom is 0.255 e. The van der Waals surface area contributed by atoms with Gasteiger partial charge in [-0.1, -0.05) is 25.1 Å². The topological polar surface area (TPSA) is 41.6 Å².